The molecule has 2 aliphatic rings. The number of esters is 1. The van der Waals surface area contributed by atoms with Crippen molar-refractivity contribution in [3.8, 4) is 16.9 Å². The van der Waals surface area contributed by atoms with Gasteiger partial charge in [-0.15, -0.1) is 0 Å². The highest BCUT2D eigenvalue weighted by molar-refractivity contribution is 5.99. The van der Waals surface area contributed by atoms with E-state index in [1.54, 1.807) is 25.3 Å². The van der Waals surface area contributed by atoms with Crippen molar-refractivity contribution < 1.29 is 19.1 Å². The fourth-order valence-electron chi connectivity index (χ4n) is 5.09. The van der Waals surface area contributed by atoms with Crippen LogP contribution in [0.15, 0.2) is 42.5 Å². The van der Waals surface area contributed by atoms with Crippen molar-refractivity contribution in [2.75, 3.05) is 7.11 Å². The highest BCUT2D eigenvalue weighted by Gasteiger charge is 2.30. The Hall–Kier alpha value is -3.35. The Morgan fingerprint density at radius 1 is 0.914 bits per heavy atom. The summed E-state index contributed by atoms with van der Waals surface area (Å²) in [6.45, 7) is 0. The van der Waals surface area contributed by atoms with Crippen LogP contribution in [-0.2, 0) is 9.53 Å². The van der Waals surface area contributed by atoms with E-state index in [2.05, 4.69) is 5.32 Å². The summed E-state index contributed by atoms with van der Waals surface area (Å²) in [6.07, 6.45) is 8.56. The Labute approximate surface area is 206 Å². The van der Waals surface area contributed by atoms with Crippen molar-refractivity contribution in [3.63, 3.8) is 0 Å². The third-order valence-electron chi connectivity index (χ3n) is 7.20. The molecule has 0 aromatic heterocycles. The Bertz CT molecular complexity index is 1050. The van der Waals surface area contributed by atoms with Crippen LogP contribution in [0.3, 0.4) is 0 Å². The van der Waals surface area contributed by atoms with Gasteiger partial charge in [0.15, 0.2) is 0 Å². The molecule has 2 saturated carbocycles. The molecule has 0 unspecified atom stereocenters. The van der Waals surface area contributed by atoms with E-state index in [-0.39, 0.29) is 35.8 Å². The van der Waals surface area contributed by atoms with E-state index in [9.17, 15) is 9.59 Å². The fraction of sp³-hybridized carbons (Fsp3) is 0.464. The molecule has 0 saturated heterocycles. The lowest BCUT2D eigenvalue weighted by atomic mass is 9.85. The molecule has 186 valence electrons. The number of hydrogen-bond acceptors (Lipinski definition) is 5. The van der Waals surface area contributed by atoms with Crippen molar-refractivity contribution in [2.45, 2.75) is 69.9 Å². The standard InChI is InChI=1S/C28H35N3O4/c1-34-25-16-13-21(18-7-9-19(10-8-18)26(29)30)17-24(25)27(32)31-22-14-11-20(12-15-22)28(33)35-23-5-3-2-4-6-23/h7-10,13,16-17,20,22-23H,2-6,11-12,14-15H2,1H3,(H3,29,30)(H,31,32). The average Bonchev–Trinajstić information content (AvgIpc) is 2.89. The summed E-state index contributed by atoms with van der Waals surface area (Å²) < 4.78 is 11.2. The molecule has 0 spiro atoms. The Kier molecular flexibility index (Phi) is 8.06. The zero-order chi connectivity index (χ0) is 24.8. The first-order valence-corrected chi connectivity index (χ1v) is 12.6. The third-order valence-corrected chi connectivity index (χ3v) is 7.20. The van der Waals surface area contributed by atoms with Crippen molar-refractivity contribution in [1.82, 2.24) is 5.32 Å². The van der Waals surface area contributed by atoms with Gasteiger partial charge in [-0.3, -0.25) is 15.0 Å². The van der Waals surface area contributed by atoms with E-state index in [1.165, 1.54) is 6.42 Å². The Morgan fingerprint density at radius 2 is 1.57 bits per heavy atom. The molecule has 0 bridgehead atoms. The summed E-state index contributed by atoms with van der Waals surface area (Å²) in [5, 5.41) is 10.7. The molecule has 2 fully saturated rings. The average molecular weight is 478 g/mol. The van der Waals surface area contributed by atoms with Crippen LogP contribution in [0.25, 0.3) is 11.1 Å². The Morgan fingerprint density at radius 3 is 2.20 bits per heavy atom. The summed E-state index contributed by atoms with van der Waals surface area (Å²) in [5.74, 6) is 0.213. The first-order valence-electron chi connectivity index (χ1n) is 12.6. The number of ether oxygens (including phenoxy) is 2. The summed E-state index contributed by atoms with van der Waals surface area (Å²) in [4.78, 5) is 25.8. The normalized spacial score (nSPS) is 20.6. The molecule has 2 aliphatic carbocycles. The molecule has 0 atom stereocenters. The largest absolute Gasteiger partial charge is 0.496 e. The molecule has 35 heavy (non-hydrogen) atoms. The minimum Gasteiger partial charge on any atom is -0.496 e. The molecule has 0 heterocycles. The van der Waals surface area contributed by atoms with E-state index in [0.717, 1.165) is 62.5 Å². The molecule has 4 rings (SSSR count). The zero-order valence-corrected chi connectivity index (χ0v) is 20.3. The van der Waals surface area contributed by atoms with Crippen LogP contribution < -0.4 is 15.8 Å². The maximum absolute atomic E-state index is 13.2. The second-order valence-electron chi connectivity index (χ2n) is 9.63. The number of amidine groups is 1. The Balaban J connectivity index is 1.36. The van der Waals surface area contributed by atoms with E-state index in [1.807, 2.05) is 24.3 Å². The van der Waals surface area contributed by atoms with Crippen LogP contribution in [0.1, 0.15) is 73.7 Å². The zero-order valence-electron chi connectivity index (χ0n) is 20.3. The lowest BCUT2D eigenvalue weighted by Crippen LogP contribution is -2.39. The van der Waals surface area contributed by atoms with Crippen molar-refractivity contribution in [3.05, 3.63) is 53.6 Å². The van der Waals surface area contributed by atoms with Gasteiger partial charge in [-0.1, -0.05) is 36.8 Å². The minimum absolute atomic E-state index is 0.0170. The monoisotopic (exact) mass is 477 g/mol. The number of benzene rings is 2. The predicted octanol–water partition coefficient (Wildman–Crippen LogP) is 4.81. The quantitative estimate of drug-likeness (QED) is 0.301. The van der Waals surface area contributed by atoms with Gasteiger partial charge in [-0.05, 0) is 74.6 Å². The number of nitrogens with two attached hydrogens (primary N) is 1. The maximum atomic E-state index is 13.2. The maximum Gasteiger partial charge on any atom is 0.309 e. The summed E-state index contributed by atoms with van der Waals surface area (Å²) in [5.41, 5.74) is 8.47. The minimum atomic E-state index is -0.183. The molecule has 1 amide bonds. The molecule has 4 N–H and O–H groups in total. The second-order valence-corrected chi connectivity index (χ2v) is 9.63. The van der Waals surface area contributed by atoms with E-state index in [0.29, 0.717) is 16.9 Å². The van der Waals surface area contributed by atoms with Gasteiger partial charge in [0.05, 0.1) is 18.6 Å². The molecular formula is C28H35N3O4. The number of rotatable bonds is 7. The van der Waals surface area contributed by atoms with Gasteiger partial charge < -0.3 is 20.5 Å². The third kappa shape index (κ3) is 6.21. The van der Waals surface area contributed by atoms with Crippen LogP contribution >= 0.6 is 0 Å². The number of carbonyl (C=O) groups excluding carboxylic acids is 2. The number of hydrogen-bond donors (Lipinski definition) is 3. The number of carbonyl (C=O) groups is 2. The fourth-order valence-corrected chi connectivity index (χ4v) is 5.09. The van der Waals surface area contributed by atoms with Gasteiger partial charge in [0.1, 0.15) is 17.7 Å². The van der Waals surface area contributed by atoms with Crippen LogP contribution in [-0.4, -0.2) is 37.0 Å². The molecule has 7 nitrogen and oxygen atoms in total. The number of amides is 1. The van der Waals surface area contributed by atoms with Crippen LogP contribution in [0, 0.1) is 11.3 Å². The van der Waals surface area contributed by atoms with E-state index < -0.39 is 0 Å². The van der Waals surface area contributed by atoms with Gasteiger partial charge in [0.2, 0.25) is 0 Å². The van der Waals surface area contributed by atoms with Crippen molar-refractivity contribution >= 4 is 17.7 Å². The molecule has 0 aliphatic heterocycles. The molecule has 2 aromatic rings. The lowest BCUT2D eigenvalue weighted by Gasteiger charge is -2.30. The number of methoxy groups -OCH3 is 1. The van der Waals surface area contributed by atoms with Crippen LogP contribution in [0.5, 0.6) is 5.75 Å². The van der Waals surface area contributed by atoms with Crippen molar-refractivity contribution in [1.29, 1.82) is 5.41 Å². The highest BCUT2D eigenvalue weighted by atomic mass is 16.5. The summed E-state index contributed by atoms with van der Waals surface area (Å²) in [7, 11) is 1.55. The lowest BCUT2D eigenvalue weighted by molar-refractivity contribution is -0.156. The topological polar surface area (TPSA) is 114 Å². The van der Waals surface area contributed by atoms with Gasteiger partial charge in [-0.25, -0.2) is 0 Å². The summed E-state index contributed by atoms with van der Waals surface area (Å²) >= 11 is 0. The molecule has 2 aromatic carbocycles. The first-order chi connectivity index (χ1) is 16.9. The van der Waals surface area contributed by atoms with E-state index in [4.69, 9.17) is 20.6 Å². The highest BCUT2D eigenvalue weighted by Crippen LogP contribution is 2.30. The molecular weight excluding hydrogens is 442 g/mol. The van der Waals surface area contributed by atoms with Gasteiger partial charge in [0, 0.05) is 11.6 Å². The van der Waals surface area contributed by atoms with Gasteiger partial charge in [-0.2, -0.15) is 0 Å². The van der Waals surface area contributed by atoms with Crippen LogP contribution in [0.2, 0.25) is 0 Å². The van der Waals surface area contributed by atoms with Gasteiger partial charge >= 0.3 is 5.97 Å². The SMILES string of the molecule is COc1ccc(-c2ccc(C(=N)N)cc2)cc1C(=O)NC1CCC(C(=O)OC2CCCCC2)CC1. The predicted molar refractivity (Wildman–Crippen MR) is 136 cm³/mol. The number of nitrogen functional groups attached to an aromatic ring is 1. The second kappa shape index (κ2) is 11.4. The van der Waals surface area contributed by atoms with Crippen molar-refractivity contribution in [2.24, 2.45) is 11.7 Å². The molecule has 7 heteroatoms. The molecule has 0 radical (unpaired) electrons. The smallest absolute Gasteiger partial charge is 0.309 e. The van der Waals surface area contributed by atoms with Gasteiger partial charge in [0.25, 0.3) is 5.91 Å². The number of nitrogens with one attached hydrogen (secondary N) is 2. The van der Waals surface area contributed by atoms with Crippen LogP contribution in [0.4, 0.5) is 0 Å². The summed E-state index contributed by atoms with van der Waals surface area (Å²) in [6, 6.07) is 12.9. The van der Waals surface area contributed by atoms with E-state index >= 15 is 0 Å². The first kappa shape index (κ1) is 24.8.